The molecule has 0 rings (SSSR count). The van der Waals surface area contributed by atoms with Crippen LogP contribution in [0.5, 0.6) is 0 Å². The number of unbranched alkanes of at least 4 members (excludes halogenated alkanes) is 28. The average Bonchev–Trinajstić information content (AvgIpc) is 3.16. The first-order valence-electron chi connectivity index (χ1n) is 23.9. The third-order valence-corrected chi connectivity index (χ3v) is 11.5. The largest absolute Gasteiger partial charge is 0.472 e. The summed E-state index contributed by atoms with van der Waals surface area (Å²) in [5.41, 5.74) is 0. The van der Waals surface area contributed by atoms with Crippen molar-refractivity contribution in [3.63, 3.8) is 0 Å². The standard InChI is InChI=1S/C47H92NO8P/c1-6-8-10-12-14-16-18-20-22-23-24-25-26-28-29-31-33-35-37-39-46(49)53-43-45(44-55-57(51,52)54-42-41-48(3,4)5)56-47(50)40-38-36-34-32-30-27-21-19-17-15-13-11-9-7-2/h19,21,45H,6-18,20,22-44H2,1-5H3/p+1/b21-19-. The van der Waals surface area contributed by atoms with Gasteiger partial charge in [0.1, 0.15) is 19.8 Å². The van der Waals surface area contributed by atoms with Crippen LogP contribution in [-0.4, -0.2) is 74.9 Å². The van der Waals surface area contributed by atoms with Crippen LogP contribution in [0.2, 0.25) is 0 Å². The number of ether oxygens (including phenoxy) is 2. The molecular formula is C47H93NO8P+. The predicted molar refractivity (Wildman–Crippen MR) is 238 cm³/mol. The van der Waals surface area contributed by atoms with Crippen molar-refractivity contribution in [3.8, 4) is 0 Å². The summed E-state index contributed by atoms with van der Waals surface area (Å²) in [6.45, 7) is 4.44. The van der Waals surface area contributed by atoms with E-state index in [9.17, 15) is 19.0 Å². The second-order valence-electron chi connectivity index (χ2n) is 17.5. The normalized spacial score (nSPS) is 13.6. The van der Waals surface area contributed by atoms with E-state index in [0.717, 1.165) is 51.4 Å². The van der Waals surface area contributed by atoms with E-state index in [2.05, 4.69) is 26.0 Å². The lowest BCUT2D eigenvalue weighted by molar-refractivity contribution is -0.870. The van der Waals surface area contributed by atoms with Gasteiger partial charge in [-0.2, -0.15) is 0 Å². The van der Waals surface area contributed by atoms with Gasteiger partial charge in [-0.05, 0) is 38.5 Å². The van der Waals surface area contributed by atoms with E-state index in [-0.39, 0.29) is 25.6 Å². The molecule has 0 fully saturated rings. The minimum Gasteiger partial charge on any atom is -0.462 e. The van der Waals surface area contributed by atoms with Crippen molar-refractivity contribution in [2.75, 3.05) is 47.5 Å². The van der Waals surface area contributed by atoms with Crippen molar-refractivity contribution in [1.82, 2.24) is 0 Å². The van der Waals surface area contributed by atoms with Gasteiger partial charge in [0.05, 0.1) is 27.7 Å². The minimum absolute atomic E-state index is 0.0333. The molecule has 57 heavy (non-hydrogen) atoms. The SMILES string of the molecule is CCCCCCC/C=C\CCCCCCCC(=O)OC(COC(=O)CCCCCCCCCCCCCCCCCCCCC)COP(=O)(O)OCC[N+](C)(C)C. The topological polar surface area (TPSA) is 108 Å². The Hall–Kier alpha value is -1.25. The number of phosphoric acid groups is 1. The first kappa shape index (κ1) is 55.8. The summed E-state index contributed by atoms with van der Waals surface area (Å²) in [6.07, 6.45) is 42.6. The van der Waals surface area contributed by atoms with Crippen molar-refractivity contribution in [3.05, 3.63) is 12.2 Å². The van der Waals surface area contributed by atoms with Crippen LogP contribution in [0.25, 0.3) is 0 Å². The van der Waals surface area contributed by atoms with Crippen LogP contribution in [0.3, 0.4) is 0 Å². The summed E-state index contributed by atoms with van der Waals surface area (Å²) in [5.74, 6) is -0.796. The second-order valence-corrected chi connectivity index (χ2v) is 19.0. The number of phosphoric ester groups is 1. The van der Waals surface area contributed by atoms with Crippen molar-refractivity contribution in [2.45, 2.75) is 232 Å². The molecule has 0 aromatic heterocycles. The third kappa shape index (κ3) is 44.1. The van der Waals surface area contributed by atoms with Gasteiger partial charge in [0.2, 0.25) is 0 Å². The molecule has 9 nitrogen and oxygen atoms in total. The molecule has 0 saturated carbocycles. The zero-order valence-electron chi connectivity index (χ0n) is 38.1. The quantitative estimate of drug-likeness (QED) is 0.0213. The zero-order valence-corrected chi connectivity index (χ0v) is 39.0. The number of carbonyl (C=O) groups is 2. The maximum absolute atomic E-state index is 12.7. The molecule has 0 heterocycles. The summed E-state index contributed by atoms with van der Waals surface area (Å²) < 4.78 is 34.4. The fourth-order valence-corrected chi connectivity index (χ4v) is 7.52. The van der Waals surface area contributed by atoms with E-state index < -0.39 is 26.5 Å². The van der Waals surface area contributed by atoms with Gasteiger partial charge in [-0.25, -0.2) is 4.57 Å². The van der Waals surface area contributed by atoms with Gasteiger partial charge in [0.25, 0.3) is 0 Å². The highest BCUT2D eigenvalue weighted by Gasteiger charge is 2.27. The third-order valence-electron chi connectivity index (χ3n) is 10.5. The number of nitrogens with zero attached hydrogens (tertiary/aromatic N) is 1. The monoisotopic (exact) mass is 831 g/mol. The van der Waals surface area contributed by atoms with Crippen molar-refractivity contribution in [2.24, 2.45) is 0 Å². The van der Waals surface area contributed by atoms with Crippen LogP contribution in [0.4, 0.5) is 0 Å². The second kappa shape index (κ2) is 40.2. The van der Waals surface area contributed by atoms with Gasteiger partial charge < -0.3 is 18.9 Å². The van der Waals surface area contributed by atoms with E-state index in [1.165, 1.54) is 141 Å². The van der Waals surface area contributed by atoms with Crippen molar-refractivity contribution in [1.29, 1.82) is 0 Å². The van der Waals surface area contributed by atoms with E-state index in [4.69, 9.17) is 18.5 Å². The average molecular weight is 831 g/mol. The highest BCUT2D eigenvalue weighted by Crippen LogP contribution is 2.43. The molecule has 338 valence electrons. The Morgan fingerprint density at radius 1 is 0.526 bits per heavy atom. The molecule has 0 saturated heterocycles. The van der Waals surface area contributed by atoms with Gasteiger partial charge in [0, 0.05) is 12.8 Å². The highest BCUT2D eigenvalue weighted by molar-refractivity contribution is 7.47. The zero-order chi connectivity index (χ0) is 42.1. The number of rotatable bonds is 44. The van der Waals surface area contributed by atoms with Gasteiger partial charge in [-0.1, -0.05) is 187 Å². The summed E-state index contributed by atoms with van der Waals surface area (Å²) >= 11 is 0. The van der Waals surface area contributed by atoms with E-state index in [1.807, 2.05) is 21.1 Å². The number of esters is 2. The fraction of sp³-hybridized carbons (Fsp3) is 0.915. The van der Waals surface area contributed by atoms with Gasteiger partial charge in [-0.3, -0.25) is 18.6 Å². The van der Waals surface area contributed by atoms with E-state index >= 15 is 0 Å². The summed E-state index contributed by atoms with van der Waals surface area (Å²) in [7, 11) is 1.48. The lowest BCUT2D eigenvalue weighted by Crippen LogP contribution is -2.37. The molecule has 0 aliphatic rings. The number of quaternary nitrogens is 1. The van der Waals surface area contributed by atoms with Crippen LogP contribution >= 0.6 is 7.82 Å². The van der Waals surface area contributed by atoms with Crippen LogP contribution in [0.1, 0.15) is 226 Å². The lowest BCUT2D eigenvalue weighted by Gasteiger charge is -2.24. The number of allylic oxidation sites excluding steroid dienone is 2. The smallest absolute Gasteiger partial charge is 0.462 e. The van der Waals surface area contributed by atoms with Crippen LogP contribution in [0.15, 0.2) is 12.2 Å². The Bertz CT molecular complexity index is 985. The molecule has 2 unspecified atom stereocenters. The van der Waals surface area contributed by atoms with Gasteiger partial charge >= 0.3 is 19.8 Å². The number of carbonyl (C=O) groups excluding carboxylic acids is 2. The Kier molecular flexibility index (Phi) is 39.3. The molecule has 0 aromatic rings. The molecule has 0 spiro atoms. The number of hydrogen-bond donors (Lipinski definition) is 1. The lowest BCUT2D eigenvalue weighted by atomic mass is 10.0. The van der Waals surface area contributed by atoms with E-state index in [0.29, 0.717) is 23.9 Å². The predicted octanol–water partition coefficient (Wildman–Crippen LogP) is 13.8. The highest BCUT2D eigenvalue weighted by atomic mass is 31.2. The minimum atomic E-state index is -4.37. The Morgan fingerprint density at radius 2 is 0.895 bits per heavy atom. The summed E-state index contributed by atoms with van der Waals surface area (Å²) in [4.78, 5) is 35.4. The Morgan fingerprint density at radius 3 is 1.30 bits per heavy atom. The van der Waals surface area contributed by atoms with Crippen LogP contribution in [0, 0.1) is 0 Å². The summed E-state index contributed by atoms with van der Waals surface area (Å²) in [5, 5.41) is 0. The molecule has 10 heteroatoms. The number of likely N-dealkylation sites (N-methyl/N-ethyl adjacent to an activating group) is 1. The Labute approximate surface area is 352 Å². The molecular weight excluding hydrogens is 737 g/mol. The van der Waals surface area contributed by atoms with Crippen LogP contribution in [-0.2, 0) is 32.7 Å². The van der Waals surface area contributed by atoms with Crippen molar-refractivity contribution < 1.29 is 42.1 Å². The molecule has 0 aromatic carbocycles. The maximum atomic E-state index is 12.7. The molecule has 0 amide bonds. The molecule has 1 N–H and O–H groups in total. The first-order valence-corrected chi connectivity index (χ1v) is 25.4. The number of hydrogen-bond acceptors (Lipinski definition) is 7. The molecule has 0 aliphatic carbocycles. The van der Waals surface area contributed by atoms with Crippen LogP contribution < -0.4 is 0 Å². The maximum Gasteiger partial charge on any atom is 0.472 e. The van der Waals surface area contributed by atoms with Gasteiger partial charge in [-0.15, -0.1) is 0 Å². The summed E-state index contributed by atoms with van der Waals surface area (Å²) in [6, 6.07) is 0. The van der Waals surface area contributed by atoms with Gasteiger partial charge in [0.15, 0.2) is 6.10 Å². The molecule has 2 atom stereocenters. The molecule has 0 bridgehead atoms. The molecule has 0 aliphatic heterocycles. The first-order chi connectivity index (χ1) is 27.5. The Balaban J connectivity index is 4.25. The van der Waals surface area contributed by atoms with E-state index in [1.54, 1.807) is 0 Å². The van der Waals surface area contributed by atoms with Crippen molar-refractivity contribution >= 4 is 19.8 Å². The fourth-order valence-electron chi connectivity index (χ4n) is 6.77. The molecule has 0 radical (unpaired) electrons.